The topological polar surface area (TPSA) is 165 Å². The third kappa shape index (κ3) is 15.1. The van der Waals surface area contributed by atoms with Gasteiger partial charge in [-0.2, -0.15) is 0 Å². The summed E-state index contributed by atoms with van der Waals surface area (Å²) in [5.41, 5.74) is 0. The monoisotopic (exact) mass is 437 g/mol. The molecule has 0 aliphatic carbocycles. The third-order valence-corrected chi connectivity index (χ3v) is 4.46. The second kappa shape index (κ2) is 16.9. The first-order chi connectivity index (χ1) is 12.6. The molecule has 1 unspecified atom stereocenters. The van der Waals surface area contributed by atoms with Crippen molar-refractivity contribution < 1.29 is 71.6 Å². The van der Waals surface area contributed by atoms with Crippen molar-refractivity contribution in [3.8, 4) is 0 Å². The number of carbonyl (C=O) groups excluding carboxylic acids is 1. The number of aliphatic hydroxyl groups excluding tert-OH is 3. The van der Waals surface area contributed by atoms with Crippen LogP contribution in [0.5, 0.6) is 0 Å². The smallest absolute Gasteiger partial charge is 0.726 e. The Kier molecular flexibility index (Phi) is 18.4. The van der Waals surface area contributed by atoms with E-state index in [1.54, 1.807) is 0 Å². The normalized spacial score (nSPS) is 15.9. The second-order valence-corrected chi connectivity index (χ2v) is 7.38. The zero-order valence-electron chi connectivity index (χ0n) is 16.9. The van der Waals surface area contributed by atoms with E-state index in [1.807, 2.05) is 0 Å². The summed E-state index contributed by atoms with van der Waals surface area (Å²) in [4.78, 5) is 11.7. The van der Waals surface area contributed by atoms with Gasteiger partial charge in [-0.3, -0.25) is 8.98 Å². The fourth-order valence-corrected chi connectivity index (χ4v) is 2.56. The molecule has 0 aliphatic rings. The fourth-order valence-electron chi connectivity index (χ4n) is 2.26. The molecule has 1 amide bonds. The number of hydrogen-bond acceptors (Lipinski definition) is 9. The second-order valence-electron chi connectivity index (χ2n) is 6.33. The van der Waals surface area contributed by atoms with Crippen LogP contribution in [0, 0.1) is 5.92 Å². The maximum Gasteiger partial charge on any atom is 1.00 e. The molecule has 0 aromatic rings. The van der Waals surface area contributed by atoms with Crippen LogP contribution < -0.4 is 34.9 Å². The Labute approximate surface area is 189 Å². The van der Waals surface area contributed by atoms with E-state index in [0.717, 1.165) is 25.7 Å². The zero-order chi connectivity index (χ0) is 20.9. The molecule has 0 aliphatic heterocycles. The van der Waals surface area contributed by atoms with E-state index in [9.17, 15) is 33.1 Å². The molecule has 12 heteroatoms. The molecular weight excluding hydrogens is 405 g/mol. The molecule has 0 radical (unpaired) electrons. The van der Waals surface area contributed by atoms with Crippen molar-refractivity contribution in [1.29, 1.82) is 0 Å². The number of nitrogens with one attached hydrogen (secondary N) is 1. The van der Waals surface area contributed by atoms with Crippen LogP contribution in [0.4, 0.5) is 0 Å². The Balaban J connectivity index is 0. The molecule has 0 rings (SSSR count). The molecule has 10 nitrogen and oxygen atoms in total. The number of rotatable bonds is 16. The molecule has 4 atom stereocenters. The van der Waals surface area contributed by atoms with Gasteiger partial charge in [0.15, 0.2) is 6.10 Å². The summed E-state index contributed by atoms with van der Waals surface area (Å²) in [5, 5.41) is 31.0. The predicted octanol–water partition coefficient (Wildman–Crippen LogP) is -3.71. The summed E-state index contributed by atoms with van der Waals surface area (Å²) >= 11 is 0. The Morgan fingerprint density at radius 3 is 2.32 bits per heavy atom. The third-order valence-electron chi connectivity index (χ3n) is 4.03. The molecule has 0 heterocycles. The maximum absolute atomic E-state index is 11.7. The number of amides is 1. The van der Waals surface area contributed by atoms with Crippen LogP contribution in [-0.4, -0.2) is 78.9 Å². The number of hydrogen-bond donors (Lipinski definition) is 4. The van der Waals surface area contributed by atoms with Gasteiger partial charge in [-0.05, 0) is 18.8 Å². The van der Waals surface area contributed by atoms with Gasteiger partial charge < -0.3 is 29.9 Å². The van der Waals surface area contributed by atoms with E-state index >= 15 is 0 Å². The largest absolute Gasteiger partial charge is 1.00 e. The molecule has 4 N–H and O–H groups in total. The van der Waals surface area contributed by atoms with Crippen molar-refractivity contribution in [2.24, 2.45) is 5.92 Å². The van der Waals surface area contributed by atoms with E-state index in [2.05, 4.69) is 23.3 Å². The van der Waals surface area contributed by atoms with E-state index in [0.29, 0.717) is 25.6 Å². The van der Waals surface area contributed by atoms with Crippen LogP contribution >= 0.6 is 0 Å². The fraction of sp³-hybridized carbons (Fsp3) is 0.938. The van der Waals surface area contributed by atoms with Crippen LogP contribution in [0.3, 0.4) is 0 Å². The molecule has 162 valence electrons. The van der Waals surface area contributed by atoms with Gasteiger partial charge in [0.2, 0.25) is 10.4 Å². The first-order valence-corrected chi connectivity index (χ1v) is 10.5. The molecule has 0 fully saturated rings. The van der Waals surface area contributed by atoms with E-state index < -0.39 is 41.2 Å². The molecule has 0 spiro atoms. The quantitative estimate of drug-likeness (QED) is 0.0822. The van der Waals surface area contributed by atoms with E-state index in [1.165, 1.54) is 0 Å². The maximum atomic E-state index is 11.7. The molecular formula is C16H32NNaO9S. The van der Waals surface area contributed by atoms with Gasteiger partial charge in [-0.25, -0.2) is 8.42 Å². The van der Waals surface area contributed by atoms with Gasteiger partial charge in [0, 0.05) is 19.8 Å². The Morgan fingerprint density at radius 2 is 1.79 bits per heavy atom. The number of unbranched alkanes of at least 4 members (excludes halogenated alkanes) is 1. The van der Waals surface area contributed by atoms with E-state index in [4.69, 9.17) is 4.74 Å². The van der Waals surface area contributed by atoms with Crippen molar-refractivity contribution in [2.75, 3.05) is 26.4 Å². The van der Waals surface area contributed by atoms with Crippen LogP contribution in [-0.2, 0) is 24.1 Å². The average Bonchev–Trinajstić information content (AvgIpc) is 2.62. The van der Waals surface area contributed by atoms with Gasteiger partial charge in [0.25, 0.3) is 5.91 Å². The summed E-state index contributed by atoms with van der Waals surface area (Å²) in [6.45, 7) is 4.46. The Hall–Kier alpha value is 0.180. The Morgan fingerprint density at radius 1 is 1.14 bits per heavy atom. The van der Waals surface area contributed by atoms with E-state index in [-0.39, 0.29) is 36.1 Å². The van der Waals surface area contributed by atoms with Gasteiger partial charge >= 0.3 is 29.6 Å². The predicted molar refractivity (Wildman–Crippen MR) is 95.4 cm³/mol. The molecule has 0 saturated carbocycles. The Bertz CT molecular complexity index is 506. The molecule has 0 aromatic heterocycles. The first kappa shape index (κ1) is 30.4. The van der Waals surface area contributed by atoms with Crippen LogP contribution in [0.1, 0.15) is 46.0 Å². The zero-order valence-corrected chi connectivity index (χ0v) is 19.7. The van der Waals surface area contributed by atoms with Crippen molar-refractivity contribution in [3.63, 3.8) is 0 Å². The van der Waals surface area contributed by atoms with Crippen molar-refractivity contribution in [2.45, 2.75) is 64.3 Å². The van der Waals surface area contributed by atoms with Gasteiger partial charge in [-0.1, -0.05) is 33.1 Å². The minimum Gasteiger partial charge on any atom is -0.726 e. The first-order valence-electron chi connectivity index (χ1n) is 9.12. The van der Waals surface area contributed by atoms with Crippen molar-refractivity contribution >= 4 is 16.3 Å². The molecule has 0 saturated heterocycles. The average molecular weight is 437 g/mol. The molecule has 0 bridgehead atoms. The van der Waals surface area contributed by atoms with Gasteiger partial charge in [-0.15, -0.1) is 0 Å². The van der Waals surface area contributed by atoms with Crippen molar-refractivity contribution in [3.05, 3.63) is 0 Å². The minimum atomic E-state index is -5.05. The van der Waals surface area contributed by atoms with Gasteiger partial charge in [0.05, 0.1) is 6.61 Å². The summed E-state index contributed by atoms with van der Waals surface area (Å²) in [6.07, 6.45) is -0.969. The van der Waals surface area contributed by atoms with Crippen LogP contribution in [0.15, 0.2) is 0 Å². The summed E-state index contributed by atoms with van der Waals surface area (Å²) in [7, 11) is -5.05. The SMILES string of the molecule is CCCCC(CC)COCCCNC(=O)[C@H](O)[C@H](O)[C@H](O)COS(=O)(=O)[O-].[Na+]. The summed E-state index contributed by atoms with van der Waals surface area (Å²) < 4.78 is 40.2. The van der Waals surface area contributed by atoms with Crippen LogP contribution in [0.25, 0.3) is 0 Å². The summed E-state index contributed by atoms with van der Waals surface area (Å²) in [5.74, 6) is -0.431. The number of aliphatic hydroxyl groups is 3. The molecule has 28 heavy (non-hydrogen) atoms. The number of carbonyl (C=O) groups is 1. The van der Waals surface area contributed by atoms with Gasteiger partial charge in [0.1, 0.15) is 12.2 Å². The minimum absolute atomic E-state index is 0. The summed E-state index contributed by atoms with van der Waals surface area (Å²) in [6, 6.07) is 0. The van der Waals surface area contributed by atoms with Crippen molar-refractivity contribution in [1.82, 2.24) is 5.32 Å². The molecule has 0 aromatic carbocycles. The number of ether oxygens (including phenoxy) is 1. The van der Waals surface area contributed by atoms with Crippen LogP contribution in [0.2, 0.25) is 0 Å². The standard InChI is InChI=1S/C16H33NO9S.Na/c1-3-5-7-12(4-2)10-25-9-6-8-17-16(21)15(20)14(19)13(18)11-26-27(22,23)24;/h12-15,18-20H,3-11H2,1-2H3,(H,17,21)(H,22,23,24);/q;+1/p-1/t12?,13-,14-,15-;/m1./s1.